The van der Waals surface area contributed by atoms with Gasteiger partial charge in [0.1, 0.15) is 58.4 Å². The maximum absolute atomic E-state index is 14.2. The van der Waals surface area contributed by atoms with E-state index in [0.717, 1.165) is 106 Å². The van der Waals surface area contributed by atoms with E-state index in [9.17, 15) is 47.1 Å². The first-order chi connectivity index (χ1) is 47.3. The molecular weight excluding hydrogens is 1300 g/mol. The van der Waals surface area contributed by atoms with Crippen molar-refractivity contribution in [3.05, 3.63) is 124 Å². The number of fused-ring (bicyclic) bond motifs is 3. The summed E-state index contributed by atoms with van der Waals surface area (Å²) in [4.78, 5) is 126. The van der Waals surface area contributed by atoms with E-state index in [2.05, 4.69) is 25.6 Å². The molecule has 5 aliphatic heterocycles. The van der Waals surface area contributed by atoms with Gasteiger partial charge in [0.05, 0.1) is 18.0 Å². The molecule has 3 aromatic heterocycles. The fraction of sp³-hybridized carbons (Fsp3) is 0.603. The molecule has 0 radical (unpaired) electrons. The van der Waals surface area contributed by atoms with Crippen molar-refractivity contribution < 1.29 is 85.7 Å². The number of amides is 7. The molecule has 5 aromatic rings. The summed E-state index contributed by atoms with van der Waals surface area (Å²) in [5, 5.41) is 5.79. The molecule has 548 valence electrons. The standard InChI is InChI=1S/C35H51FN6O6.C31H44FN5O4.C7H7N2O.Li.H2O/c1-8-47-24(3)30(38-31(43)23(2)39(7)34(46)48-35(4,5)6)33(45)42-19-9-11-27(42)21-41(20-17-25-13-15-26(36)16-14-25)32(44)28-22-40-18-10-12-29(40)37-28;1-5-21(3)29(38)34-28(22(4)41-6-2)31(40)37-17-7-9-25(37)19-36(18-15-23-11-13-24(32)14-12-23)30(39)26-20-35-16-8-10-27(35)33-26;10-5-6-4-9-3-1-2-7(9)8-6;;/h13-16,22-24,27,30H,8-12,17-21H2,1-7H3,(H,38,43);11-14,20-22,25,28H,5-10,15-19H2,1-4H3,(H,34,38);4H,1-3H2;;1H2/q;;-1;+1;/p-1/t23-,24+,27-,30-;21-,22-,25+,28+;;;/m01.../s1. The Morgan fingerprint density at radius 3 is 1.39 bits per heavy atom. The van der Waals surface area contributed by atoms with Crippen LogP contribution in [-0.2, 0) is 89.9 Å². The molecule has 0 unspecified atom stereocenters. The summed E-state index contributed by atoms with van der Waals surface area (Å²) in [6.45, 7) is 23.7. The third-order valence-corrected chi connectivity index (χ3v) is 19.1. The number of hydrogen-bond acceptors (Lipinski definition) is 15. The van der Waals surface area contributed by atoms with Crippen LogP contribution in [0.4, 0.5) is 13.6 Å². The molecule has 7 amide bonds. The molecular formula is C73H103F2LiN13O12-. The minimum Gasteiger partial charge on any atom is -0.870 e. The van der Waals surface area contributed by atoms with Crippen molar-refractivity contribution in [2.45, 2.75) is 220 Å². The van der Waals surface area contributed by atoms with E-state index in [-0.39, 0.29) is 90.1 Å². The summed E-state index contributed by atoms with van der Waals surface area (Å²) in [6.07, 6.45) is 15.9. The molecule has 10 rings (SSSR count). The van der Waals surface area contributed by atoms with Gasteiger partial charge in [-0.3, -0.25) is 38.7 Å². The number of aryl methyl sites for hydroxylation is 6. The van der Waals surface area contributed by atoms with Crippen LogP contribution in [-0.4, -0.2) is 214 Å². The minimum atomic E-state index is -1.02. The molecule has 0 bridgehead atoms. The third kappa shape index (κ3) is 22.3. The molecule has 8 heterocycles. The maximum atomic E-state index is 14.2. The Hall–Kier alpha value is -7.83. The topological polar surface area (TPSA) is 288 Å². The van der Waals surface area contributed by atoms with Crippen molar-refractivity contribution in [1.82, 2.24) is 63.8 Å². The zero-order valence-electron chi connectivity index (χ0n) is 61.1. The number of hydrogen-bond donors (Lipinski definition) is 2. The molecule has 101 heavy (non-hydrogen) atoms. The van der Waals surface area contributed by atoms with Crippen molar-refractivity contribution >= 4 is 47.8 Å². The van der Waals surface area contributed by atoms with E-state index >= 15 is 0 Å². The van der Waals surface area contributed by atoms with Gasteiger partial charge in [-0.2, -0.15) is 0 Å². The fourth-order valence-electron chi connectivity index (χ4n) is 13.1. The van der Waals surface area contributed by atoms with E-state index in [1.165, 1.54) is 36.2 Å². The second-order valence-corrected chi connectivity index (χ2v) is 27.4. The molecule has 5 aliphatic rings. The number of benzene rings is 2. The molecule has 2 fully saturated rings. The van der Waals surface area contributed by atoms with E-state index in [4.69, 9.17) is 14.2 Å². The van der Waals surface area contributed by atoms with E-state index in [0.29, 0.717) is 88.7 Å². The van der Waals surface area contributed by atoms with E-state index in [1.54, 1.807) is 92.3 Å². The van der Waals surface area contributed by atoms with Gasteiger partial charge in [-0.15, -0.1) is 6.20 Å². The molecule has 8 atom stereocenters. The first kappa shape index (κ1) is 82.1. The average Bonchev–Trinajstić information content (AvgIpc) is 1.37. The second kappa shape index (κ2) is 38.4. The summed E-state index contributed by atoms with van der Waals surface area (Å²) >= 11 is 0. The number of halogens is 2. The molecule has 28 heteroatoms. The van der Waals surface area contributed by atoms with Crippen molar-refractivity contribution in [2.75, 3.05) is 59.5 Å². The molecule has 3 N–H and O–H groups in total. The van der Waals surface area contributed by atoms with Gasteiger partial charge < -0.3 is 68.4 Å². The summed E-state index contributed by atoms with van der Waals surface area (Å²) in [7, 11) is 1.48. The van der Waals surface area contributed by atoms with Gasteiger partial charge in [0.15, 0.2) is 0 Å². The van der Waals surface area contributed by atoms with Crippen LogP contribution in [0.5, 0.6) is 0 Å². The predicted octanol–water partition coefficient (Wildman–Crippen LogP) is 4.52. The van der Waals surface area contributed by atoms with Crippen LogP contribution in [0, 0.1) is 17.6 Å². The number of likely N-dealkylation sites (N-methyl/N-ethyl adjacent to an activating group) is 1. The van der Waals surface area contributed by atoms with Crippen molar-refractivity contribution in [3.8, 4) is 0 Å². The number of aromatic nitrogens is 6. The second-order valence-electron chi connectivity index (χ2n) is 27.4. The zero-order chi connectivity index (χ0) is 71.7. The van der Waals surface area contributed by atoms with Crippen molar-refractivity contribution in [1.29, 1.82) is 0 Å². The molecule has 0 spiro atoms. The van der Waals surface area contributed by atoms with Crippen molar-refractivity contribution in [2.24, 2.45) is 5.92 Å². The Morgan fingerprint density at radius 2 is 1.01 bits per heavy atom. The smallest absolute Gasteiger partial charge is 0.870 e. The maximum Gasteiger partial charge on any atom is 1.00 e. The quantitative estimate of drug-likeness (QED) is 0.0540. The average molecular weight is 1400 g/mol. The van der Waals surface area contributed by atoms with Crippen LogP contribution in [0.1, 0.15) is 176 Å². The molecule has 25 nitrogen and oxygen atoms in total. The van der Waals surface area contributed by atoms with Crippen LogP contribution in [0.3, 0.4) is 0 Å². The Bertz CT molecular complexity index is 3500. The van der Waals surface area contributed by atoms with Gasteiger partial charge in [-0.1, -0.05) is 38.1 Å². The minimum absolute atomic E-state index is 0. The number of carbonyl (C=O) groups is 7. The predicted molar refractivity (Wildman–Crippen MR) is 369 cm³/mol. The van der Waals surface area contributed by atoms with Crippen molar-refractivity contribution in [3.63, 3.8) is 0 Å². The van der Waals surface area contributed by atoms with Crippen LogP contribution in [0.2, 0.25) is 0 Å². The summed E-state index contributed by atoms with van der Waals surface area (Å²) in [5.41, 5.74) is 2.31. The molecule has 2 saturated heterocycles. The van der Waals surface area contributed by atoms with Crippen LogP contribution < -0.4 is 29.5 Å². The van der Waals surface area contributed by atoms with Gasteiger partial charge in [0.25, 0.3) is 11.8 Å². The van der Waals surface area contributed by atoms with Gasteiger partial charge in [0, 0.05) is 135 Å². The number of nitrogens with zero attached hydrogens (tertiary/aromatic N) is 11. The zero-order valence-corrected chi connectivity index (χ0v) is 61.1. The fourth-order valence-corrected chi connectivity index (χ4v) is 13.1. The van der Waals surface area contributed by atoms with E-state index < -0.39 is 47.9 Å². The summed E-state index contributed by atoms with van der Waals surface area (Å²) in [5.74, 6) is 0.427. The Balaban J connectivity index is 0.000000275. The Morgan fingerprint density at radius 1 is 0.604 bits per heavy atom. The Labute approximate surface area is 604 Å². The largest absolute Gasteiger partial charge is 1.00 e. The number of imidazole rings is 3. The number of carbonyl (C=O) groups excluding carboxylic acids is 8. The monoisotopic (exact) mass is 1400 g/mol. The normalized spacial score (nSPS) is 17.5. The first-order valence-corrected chi connectivity index (χ1v) is 35.3. The van der Waals surface area contributed by atoms with Crippen LogP contribution in [0.25, 0.3) is 0 Å². The molecule has 2 aromatic carbocycles. The van der Waals surface area contributed by atoms with Gasteiger partial charge in [0.2, 0.25) is 23.6 Å². The van der Waals surface area contributed by atoms with Crippen LogP contribution in [0.15, 0.2) is 67.1 Å². The number of likely N-dealkylation sites (tertiary alicyclic amines) is 2. The number of nitrogens with one attached hydrogen (secondary N) is 2. The van der Waals surface area contributed by atoms with Gasteiger partial charge in [-0.05, 0) is 161 Å². The molecule has 0 aliphatic carbocycles. The first-order valence-electron chi connectivity index (χ1n) is 35.3. The molecule has 0 saturated carbocycles. The number of rotatable bonds is 27. The van der Waals surface area contributed by atoms with E-state index in [1.807, 2.05) is 59.4 Å². The Kier molecular flexibility index (Phi) is 31.3. The number of ether oxygens (including phenoxy) is 3. The van der Waals surface area contributed by atoms with Gasteiger partial charge in [-0.25, -0.2) is 23.5 Å². The SMILES string of the molecule is CCO[C@H](C)[C@H](NC(=O)[C@H](C)CC)C(=O)N1CCC[C@H]1CN(CCc1ccc(F)cc1)C(=O)c1cn2c(n1)CCC2.CCO[C@H](C)[C@H](NC(=O)[C@H](C)N(C)C(=O)OC(C)(C)C)C(=O)N1CCC[C@H]1CN(CCc1ccc(F)cc1)C(=O)c1cn2c(n1)CCC2.O=[C-]c1cn2c(n1)CCC2.[Li+].[OH-]. The van der Waals surface area contributed by atoms with Crippen LogP contribution >= 0.6 is 0 Å². The van der Waals surface area contributed by atoms with Gasteiger partial charge >= 0.3 is 25.0 Å². The summed E-state index contributed by atoms with van der Waals surface area (Å²) < 4.78 is 50.1. The summed E-state index contributed by atoms with van der Waals surface area (Å²) in [6, 6.07) is 9.26. The third-order valence-electron chi connectivity index (χ3n) is 19.1.